The van der Waals surface area contributed by atoms with Crippen LogP contribution in [-0.4, -0.2) is 16.7 Å². The summed E-state index contributed by atoms with van der Waals surface area (Å²) in [5.41, 5.74) is 5.38. The molecule has 0 fully saturated rings. The van der Waals surface area contributed by atoms with Crippen molar-refractivity contribution in [3.8, 4) is 0 Å². The van der Waals surface area contributed by atoms with E-state index in [-0.39, 0.29) is 0 Å². The second-order valence-electron chi connectivity index (χ2n) is 4.64. The van der Waals surface area contributed by atoms with Crippen molar-refractivity contribution in [2.45, 2.75) is 33.7 Å². The number of hydrogen-bond donors (Lipinski definition) is 1. The highest BCUT2D eigenvalue weighted by Crippen LogP contribution is 2.14. The fourth-order valence-corrected chi connectivity index (χ4v) is 1.94. The summed E-state index contributed by atoms with van der Waals surface area (Å²) in [6.45, 7) is 8.19. The van der Waals surface area contributed by atoms with Gasteiger partial charge in [0.25, 0.3) is 0 Å². The van der Waals surface area contributed by atoms with Crippen LogP contribution in [0.25, 0.3) is 0 Å². The van der Waals surface area contributed by atoms with Crippen LogP contribution in [0.5, 0.6) is 0 Å². The van der Waals surface area contributed by atoms with E-state index in [1.54, 1.807) is 0 Å². The normalized spacial score (nSPS) is 10.8. The first-order valence-corrected chi connectivity index (χ1v) is 6.19. The smallest absolute Gasteiger partial charge is 0.213 e. The van der Waals surface area contributed by atoms with Gasteiger partial charge >= 0.3 is 0 Å². The molecule has 0 saturated heterocycles. The molecule has 0 aliphatic carbocycles. The molecule has 0 saturated carbocycles. The van der Waals surface area contributed by atoms with Gasteiger partial charge in [0.1, 0.15) is 0 Å². The molecule has 0 radical (unpaired) electrons. The van der Waals surface area contributed by atoms with Gasteiger partial charge in [0.2, 0.25) is 6.39 Å². The van der Waals surface area contributed by atoms with E-state index in [0.29, 0.717) is 0 Å². The molecule has 2 aromatic rings. The largest absolute Gasteiger partial charge is 0.343 e. The molecule has 1 aromatic carbocycles. The SMILES string of the molecule is Cc1cc(C)c(CNCCc2ncon2)cc1C. The summed E-state index contributed by atoms with van der Waals surface area (Å²) in [7, 11) is 0. The number of rotatable bonds is 5. The summed E-state index contributed by atoms with van der Waals surface area (Å²) in [4.78, 5) is 3.99. The first-order valence-electron chi connectivity index (χ1n) is 6.19. The zero-order valence-electron chi connectivity index (χ0n) is 11.2. The standard InChI is InChI=1S/C14H19N3O/c1-10-6-12(3)13(7-11(10)2)8-15-5-4-14-16-9-18-17-14/h6-7,9,15H,4-5,8H2,1-3H3. The minimum Gasteiger partial charge on any atom is -0.343 e. The quantitative estimate of drug-likeness (QED) is 0.821. The third kappa shape index (κ3) is 3.17. The fourth-order valence-electron chi connectivity index (χ4n) is 1.94. The summed E-state index contributed by atoms with van der Waals surface area (Å²) in [6, 6.07) is 4.50. The van der Waals surface area contributed by atoms with Crippen molar-refractivity contribution in [2.75, 3.05) is 6.54 Å². The van der Waals surface area contributed by atoms with E-state index in [4.69, 9.17) is 0 Å². The number of aromatic nitrogens is 2. The Hall–Kier alpha value is -1.68. The van der Waals surface area contributed by atoms with Gasteiger partial charge in [-0.1, -0.05) is 17.3 Å². The van der Waals surface area contributed by atoms with Crippen LogP contribution >= 0.6 is 0 Å². The van der Waals surface area contributed by atoms with Crippen LogP contribution in [0.2, 0.25) is 0 Å². The second-order valence-corrected chi connectivity index (χ2v) is 4.64. The van der Waals surface area contributed by atoms with Crippen molar-refractivity contribution in [1.29, 1.82) is 0 Å². The molecule has 0 unspecified atom stereocenters. The van der Waals surface area contributed by atoms with Gasteiger partial charge in [-0.05, 0) is 43.0 Å². The van der Waals surface area contributed by atoms with Crippen LogP contribution in [0.4, 0.5) is 0 Å². The molecule has 96 valence electrons. The molecule has 4 nitrogen and oxygen atoms in total. The Morgan fingerprint density at radius 2 is 1.89 bits per heavy atom. The molecule has 0 aliphatic heterocycles. The van der Waals surface area contributed by atoms with Gasteiger partial charge in [-0.25, -0.2) is 0 Å². The zero-order valence-corrected chi connectivity index (χ0v) is 11.2. The lowest BCUT2D eigenvalue weighted by atomic mass is 10.0. The Kier molecular flexibility index (Phi) is 4.10. The number of aryl methyl sites for hydroxylation is 3. The molecule has 1 heterocycles. The Morgan fingerprint density at radius 1 is 1.11 bits per heavy atom. The molecule has 1 aromatic heterocycles. The van der Waals surface area contributed by atoms with Crippen molar-refractivity contribution < 1.29 is 4.52 Å². The summed E-state index contributed by atoms with van der Waals surface area (Å²) in [5.74, 6) is 0.749. The van der Waals surface area contributed by atoms with Crippen LogP contribution < -0.4 is 5.32 Å². The van der Waals surface area contributed by atoms with E-state index < -0.39 is 0 Å². The van der Waals surface area contributed by atoms with E-state index in [0.717, 1.165) is 25.3 Å². The van der Waals surface area contributed by atoms with E-state index in [1.807, 2.05) is 0 Å². The minimum absolute atomic E-state index is 0.749. The van der Waals surface area contributed by atoms with Gasteiger partial charge in [-0.3, -0.25) is 0 Å². The predicted molar refractivity (Wildman–Crippen MR) is 70.4 cm³/mol. The average molecular weight is 245 g/mol. The molecular weight excluding hydrogens is 226 g/mol. The molecule has 4 heteroatoms. The lowest BCUT2D eigenvalue weighted by molar-refractivity contribution is 0.409. The van der Waals surface area contributed by atoms with Crippen LogP contribution in [-0.2, 0) is 13.0 Å². The van der Waals surface area contributed by atoms with Crippen LogP contribution in [0.15, 0.2) is 23.0 Å². The molecule has 2 rings (SSSR count). The molecule has 0 spiro atoms. The van der Waals surface area contributed by atoms with Crippen molar-refractivity contribution in [1.82, 2.24) is 15.5 Å². The Balaban J connectivity index is 1.85. The highest BCUT2D eigenvalue weighted by Gasteiger charge is 2.02. The molecule has 0 amide bonds. The molecule has 1 N–H and O–H groups in total. The molecular formula is C14H19N3O. The molecule has 0 atom stereocenters. The highest BCUT2D eigenvalue weighted by atomic mass is 16.5. The Morgan fingerprint density at radius 3 is 2.61 bits per heavy atom. The van der Waals surface area contributed by atoms with Crippen molar-refractivity contribution in [3.05, 3.63) is 46.6 Å². The average Bonchev–Trinajstić information content (AvgIpc) is 2.84. The minimum atomic E-state index is 0.749. The van der Waals surface area contributed by atoms with E-state index in [2.05, 4.69) is 52.9 Å². The van der Waals surface area contributed by atoms with Crippen LogP contribution in [0.1, 0.15) is 28.1 Å². The van der Waals surface area contributed by atoms with Gasteiger partial charge in [0.15, 0.2) is 5.82 Å². The summed E-state index contributed by atoms with van der Waals surface area (Å²) in [6.07, 6.45) is 2.16. The lowest BCUT2D eigenvalue weighted by Gasteiger charge is -2.10. The topological polar surface area (TPSA) is 51.0 Å². The van der Waals surface area contributed by atoms with E-state index >= 15 is 0 Å². The van der Waals surface area contributed by atoms with E-state index in [9.17, 15) is 0 Å². The predicted octanol–water partition coefficient (Wildman–Crippen LogP) is 2.33. The van der Waals surface area contributed by atoms with Crippen molar-refractivity contribution >= 4 is 0 Å². The van der Waals surface area contributed by atoms with Gasteiger partial charge < -0.3 is 9.84 Å². The molecule has 0 aliphatic rings. The first-order chi connectivity index (χ1) is 8.66. The van der Waals surface area contributed by atoms with E-state index in [1.165, 1.54) is 28.6 Å². The summed E-state index contributed by atoms with van der Waals surface area (Å²) < 4.78 is 4.69. The maximum absolute atomic E-state index is 4.69. The number of nitrogens with one attached hydrogen (secondary N) is 1. The third-order valence-corrected chi connectivity index (χ3v) is 3.20. The molecule has 0 bridgehead atoms. The Bertz CT molecular complexity index is 506. The molecule has 18 heavy (non-hydrogen) atoms. The van der Waals surface area contributed by atoms with Crippen molar-refractivity contribution in [3.63, 3.8) is 0 Å². The fraction of sp³-hybridized carbons (Fsp3) is 0.429. The maximum Gasteiger partial charge on any atom is 0.213 e. The summed E-state index contributed by atoms with van der Waals surface area (Å²) in [5, 5.41) is 7.18. The van der Waals surface area contributed by atoms with Crippen LogP contribution in [0, 0.1) is 20.8 Å². The summed E-state index contributed by atoms with van der Waals surface area (Å²) >= 11 is 0. The first kappa shape index (κ1) is 12.8. The number of hydrogen-bond acceptors (Lipinski definition) is 4. The zero-order chi connectivity index (χ0) is 13.0. The van der Waals surface area contributed by atoms with Gasteiger partial charge in [0, 0.05) is 19.5 Å². The lowest BCUT2D eigenvalue weighted by Crippen LogP contribution is -2.18. The monoisotopic (exact) mass is 245 g/mol. The Labute approximate surface area is 107 Å². The number of nitrogens with zero attached hydrogens (tertiary/aromatic N) is 2. The number of benzene rings is 1. The van der Waals surface area contributed by atoms with Crippen LogP contribution in [0.3, 0.4) is 0 Å². The van der Waals surface area contributed by atoms with Crippen molar-refractivity contribution in [2.24, 2.45) is 0 Å². The third-order valence-electron chi connectivity index (χ3n) is 3.20. The highest BCUT2D eigenvalue weighted by molar-refractivity contribution is 5.36. The second kappa shape index (κ2) is 5.78. The maximum atomic E-state index is 4.69. The van der Waals surface area contributed by atoms with Gasteiger partial charge in [-0.15, -0.1) is 0 Å². The van der Waals surface area contributed by atoms with Gasteiger partial charge in [0.05, 0.1) is 0 Å². The van der Waals surface area contributed by atoms with Gasteiger partial charge in [-0.2, -0.15) is 4.98 Å².